The van der Waals surface area contributed by atoms with Crippen molar-refractivity contribution in [1.82, 2.24) is 19.6 Å². The highest BCUT2D eigenvalue weighted by Crippen LogP contribution is 2.20. The Kier molecular flexibility index (Phi) is 3.14. The fraction of sp³-hybridized carbons (Fsp3) is 0.214. The van der Waals surface area contributed by atoms with Gasteiger partial charge in [-0.15, -0.1) is 10.2 Å². The molecule has 4 nitrogen and oxygen atoms in total. The summed E-state index contributed by atoms with van der Waals surface area (Å²) in [6.45, 7) is 3.79. The van der Waals surface area contributed by atoms with Crippen molar-refractivity contribution in [2.24, 2.45) is 0 Å². The molecule has 0 aliphatic rings. The maximum atomic E-state index is 13.7. The van der Waals surface area contributed by atoms with E-state index >= 15 is 0 Å². The predicted molar refractivity (Wildman–Crippen MR) is 74.5 cm³/mol. The van der Waals surface area contributed by atoms with Crippen molar-refractivity contribution < 1.29 is 4.39 Å². The molecule has 0 fully saturated rings. The molecule has 0 saturated heterocycles. The highest BCUT2D eigenvalue weighted by Gasteiger charge is 2.15. The van der Waals surface area contributed by atoms with Gasteiger partial charge in [-0.25, -0.2) is 9.37 Å². The lowest BCUT2D eigenvalue weighted by atomic mass is 10.1. The summed E-state index contributed by atoms with van der Waals surface area (Å²) in [5.41, 5.74) is 2.78. The molecule has 1 aromatic carbocycles. The van der Waals surface area contributed by atoms with Gasteiger partial charge in [0.25, 0.3) is 0 Å². The Bertz CT molecular complexity index is 797. The Morgan fingerprint density at radius 2 is 1.95 bits per heavy atom. The number of benzene rings is 1. The van der Waals surface area contributed by atoms with E-state index in [2.05, 4.69) is 15.2 Å². The molecule has 2 heterocycles. The number of nitrogens with zero attached hydrogens (tertiary/aromatic N) is 4. The minimum Gasteiger partial charge on any atom is -0.279 e. The van der Waals surface area contributed by atoms with Gasteiger partial charge < -0.3 is 0 Å². The zero-order valence-corrected chi connectivity index (χ0v) is 11.8. The summed E-state index contributed by atoms with van der Waals surface area (Å²) >= 11 is 6.07. The average Bonchev–Trinajstić information content (AvgIpc) is 2.83. The molecule has 0 saturated carbocycles. The summed E-state index contributed by atoms with van der Waals surface area (Å²) in [7, 11) is 0. The van der Waals surface area contributed by atoms with Gasteiger partial charge in [0.05, 0.1) is 5.69 Å². The van der Waals surface area contributed by atoms with E-state index in [-0.39, 0.29) is 5.82 Å². The Hall–Kier alpha value is -2.01. The van der Waals surface area contributed by atoms with Crippen LogP contribution < -0.4 is 0 Å². The molecule has 0 spiro atoms. The lowest BCUT2D eigenvalue weighted by Gasteiger charge is -2.07. The molecule has 0 aliphatic carbocycles. The number of aromatic nitrogens is 4. The van der Waals surface area contributed by atoms with Gasteiger partial charge in [0.1, 0.15) is 11.6 Å². The van der Waals surface area contributed by atoms with E-state index in [1.165, 1.54) is 6.07 Å². The molecular weight excluding hydrogens is 279 g/mol. The van der Waals surface area contributed by atoms with Crippen molar-refractivity contribution in [2.75, 3.05) is 0 Å². The van der Waals surface area contributed by atoms with E-state index < -0.39 is 0 Å². The van der Waals surface area contributed by atoms with E-state index in [9.17, 15) is 4.39 Å². The minimum atomic E-state index is -0.251. The summed E-state index contributed by atoms with van der Waals surface area (Å²) in [4.78, 5) is 4.21. The topological polar surface area (TPSA) is 43.1 Å². The van der Waals surface area contributed by atoms with Gasteiger partial charge in [-0.2, -0.15) is 0 Å². The molecule has 6 heteroatoms. The van der Waals surface area contributed by atoms with Crippen LogP contribution in [-0.2, 0) is 6.42 Å². The standard InChI is InChI=1S/C14H12ClFN4/c1-8-9(2)20-12(18-19-14(20)13(15)17-8)7-10-5-3-4-6-11(10)16/h3-6H,7H2,1-2H3. The number of fused-ring (bicyclic) bond motifs is 1. The zero-order valence-electron chi connectivity index (χ0n) is 11.1. The van der Waals surface area contributed by atoms with Gasteiger partial charge in [-0.3, -0.25) is 4.40 Å². The number of rotatable bonds is 2. The van der Waals surface area contributed by atoms with Crippen LogP contribution in [0.2, 0.25) is 5.15 Å². The van der Waals surface area contributed by atoms with Crippen molar-refractivity contribution in [2.45, 2.75) is 20.3 Å². The molecule has 0 N–H and O–H groups in total. The molecular formula is C14H12ClFN4. The number of hydrogen-bond acceptors (Lipinski definition) is 3. The predicted octanol–water partition coefficient (Wildman–Crippen LogP) is 3.12. The molecule has 0 atom stereocenters. The van der Waals surface area contributed by atoms with Crippen LogP contribution >= 0.6 is 11.6 Å². The third kappa shape index (κ3) is 2.04. The van der Waals surface area contributed by atoms with Crippen LogP contribution in [0.3, 0.4) is 0 Å². The first kappa shape index (κ1) is 13.0. The van der Waals surface area contributed by atoms with Crippen LogP contribution in [0.25, 0.3) is 5.65 Å². The molecule has 3 rings (SSSR count). The normalized spacial score (nSPS) is 11.2. The highest BCUT2D eigenvalue weighted by molar-refractivity contribution is 6.32. The highest BCUT2D eigenvalue weighted by atomic mass is 35.5. The van der Waals surface area contributed by atoms with Crippen LogP contribution in [0.4, 0.5) is 4.39 Å². The second-order valence-electron chi connectivity index (χ2n) is 4.62. The molecule has 0 amide bonds. The van der Waals surface area contributed by atoms with Crippen molar-refractivity contribution in [1.29, 1.82) is 0 Å². The van der Waals surface area contributed by atoms with Gasteiger partial charge in [-0.05, 0) is 25.5 Å². The molecule has 2 aromatic heterocycles. The molecule has 20 heavy (non-hydrogen) atoms. The van der Waals surface area contributed by atoms with E-state index in [0.717, 1.165) is 11.4 Å². The second kappa shape index (κ2) is 4.83. The zero-order chi connectivity index (χ0) is 14.3. The first-order valence-corrected chi connectivity index (χ1v) is 6.56. The smallest absolute Gasteiger partial charge is 0.198 e. The molecule has 3 aromatic rings. The Morgan fingerprint density at radius 3 is 2.70 bits per heavy atom. The van der Waals surface area contributed by atoms with E-state index in [1.807, 2.05) is 18.2 Å². The van der Waals surface area contributed by atoms with Gasteiger partial charge in [0.15, 0.2) is 10.8 Å². The first-order chi connectivity index (χ1) is 9.58. The summed E-state index contributed by atoms with van der Waals surface area (Å²) in [5, 5.41) is 8.46. The number of aryl methyl sites for hydroxylation is 2. The first-order valence-electron chi connectivity index (χ1n) is 6.18. The van der Waals surface area contributed by atoms with Crippen LogP contribution in [0.1, 0.15) is 22.8 Å². The van der Waals surface area contributed by atoms with Gasteiger partial charge in [0, 0.05) is 12.1 Å². The van der Waals surface area contributed by atoms with E-state index in [0.29, 0.717) is 28.6 Å². The van der Waals surface area contributed by atoms with Gasteiger partial charge >= 0.3 is 0 Å². The van der Waals surface area contributed by atoms with Gasteiger partial charge in [0.2, 0.25) is 0 Å². The van der Waals surface area contributed by atoms with Crippen LogP contribution in [0.5, 0.6) is 0 Å². The van der Waals surface area contributed by atoms with Gasteiger partial charge in [-0.1, -0.05) is 29.8 Å². The molecule has 0 radical (unpaired) electrons. The summed E-state index contributed by atoms with van der Waals surface area (Å²) in [6, 6.07) is 6.64. The Labute approximate surface area is 120 Å². The average molecular weight is 291 g/mol. The van der Waals surface area contributed by atoms with E-state index in [1.54, 1.807) is 18.2 Å². The van der Waals surface area contributed by atoms with Crippen LogP contribution in [0, 0.1) is 19.7 Å². The Balaban J connectivity index is 2.16. The summed E-state index contributed by atoms with van der Waals surface area (Å²) in [6.07, 6.45) is 0.356. The third-order valence-electron chi connectivity index (χ3n) is 3.35. The number of halogens is 2. The van der Waals surface area contributed by atoms with Crippen LogP contribution in [0.15, 0.2) is 24.3 Å². The van der Waals surface area contributed by atoms with Crippen molar-refractivity contribution in [3.05, 3.63) is 58.0 Å². The van der Waals surface area contributed by atoms with E-state index in [4.69, 9.17) is 11.6 Å². The molecule has 0 bridgehead atoms. The van der Waals surface area contributed by atoms with Crippen molar-refractivity contribution in [3.63, 3.8) is 0 Å². The maximum Gasteiger partial charge on any atom is 0.198 e. The third-order valence-corrected chi connectivity index (χ3v) is 3.60. The summed E-state index contributed by atoms with van der Waals surface area (Å²) in [5.74, 6) is 0.397. The molecule has 102 valence electrons. The minimum absolute atomic E-state index is 0.251. The lowest BCUT2D eigenvalue weighted by Crippen LogP contribution is -2.04. The lowest BCUT2D eigenvalue weighted by molar-refractivity contribution is 0.611. The molecule has 0 unspecified atom stereocenters. The Morgan fingerprint density at radius 1 is 1.20 bits per heavy atom. The van der Waals surface area contributed by atoms with Crippen molar-refractivity contribution >= 4 is 17.2 Å². The fourth-order valence-electron chi connectivity index (χ4n) is 2.17. The second-order valence-corrected chi connectivity index (χ2v) is 4.97. The van der Waals surface area contributed by atoms with Crippen molar-refractivity contribution in [3.8, 4) is 0 Å². The molecule has 0 aliphatic heterocycles. The monoisotopic (exact) mass is 290 g/mol. The van der Waals surface area contributed by atoms with Crippen LogP contribution in [-0.4, -0.2) is 19.6 Å². The SMILES string of the molecule is Cc1nc(Cl)c2nnc(Cc3ccccc3F)n2c1C. The maximum absolute atomic E-state index is 13.7. The quantitative estimate of drug-likeness (QED) is 0.728. The number of hydrogen-bond donors (Lipinski definition) is 0. The largest absolute Gasteiger partial charge is 0.279 e. The fourth-order valence-corrected chi connectivity index (χ4v) is 2.42. The summed E-state index contributed by atoms with van der Waals surface area (Å²) < 4.78 is 15.6.